The van der Waals surface area contributed by atoms with Gasteiger partial charge in [0.25, 0.3) is 0 Å². The first-order valence-electron chi connectivity index (χ1n) is 4.17. The van der Waals surface area contributed by atoms with Crippen molar-refractivity contribution in [3.05, 3.63) is 24.2 Å². The Labute approximate surface area is 71.8 Å². The fraction of sp³-hybridized carbons (Fsp3) is 0.556. The summed E-state index contributed by atoms with van der Waals surface area (Å²) in [5.41, 5.74) is 0. The van der Waals surface area contributed by atoms with E-state index in [1.807, 2.05) is 19.1 Å². The second-order valence-electron chi connectivity index (χ2n) is 2.73. The summed E-state index contributed by atoms with van der Waals surface area (Å²) >= 11 is 0. The lowest BCUT2D eigenvalue weighted by atomic mass is 10.2. The second kappa shape index (κ2) is 4.93. The van der Waals surface area contributed by atoms with Crippen LogP contribution in [-0.4, -0.2) is 13.2 Å². The summed E-state index contributed by atoms with van der Waals surface area (Å²) in [5.74, 6) is 0.897. The molecule has 0 aliphatic heterocycles. The van der Waals surface area contributed by atoms with Gasteiger partial charge in [-0.25, -0.2) is 0 Å². The van der Waals surface area contributed by atoms with Crippen LogP contribution < -0.4 is 5.32 Å². The fourth-order valence-electron chi connectivity index (χ4n) is 1.02. The van der Waals surface area contributed by atoms with E-state index in [2.05, 4.69) is 5.32 Å². The molecule has 0 bridgehead atoms. The van der Waals surface area contributed by atoms with Crippen LogP contribution in [0, 0.1) is 0 Å². The molecule has 0 saturated carbocycles. The van der Waals surface area contributed by atoms with Gasteiger partial charge in [0, 0.05) is 0 Å². The predicted molar refractivity (Wildman–Crippen MR) is 45.7 cm³/mol. The van der Waals surface area contributed by atoms with E-state index < -0.39 is 0 Å². The van der Waals surface area contributed by atoms with Gasteiger partial charge in [-0.15, -0.1) is 0 Å². The molecule has 0 aromatic carbocycles. The van der Waals surface area contributed by atoms with Crippen LogP contribution in [0.15, 0.2) is 22.8 Å². The lowest BCUT2D eigenvalue weighted by molar-refractivity contribution is 0.407. The third kappa shape index (κ3) is 2.66. The van der Waals surface area contributed by atoms with Crippen molar-refractivity contribution in [2.75, 3.05) is 13.2 Å². The molecule has 2 nitrogen and oxygen atoms in total. The van der Waals surface area contributed by atoms with E-state index in [0.717, 1.165) is 5.76 Å². The number of furan rings is 1. The summed E-state index contributed by atoms with van der Waals surface area (Å²) in [6, 6.07) is 3.93. The summed E-state index contributed by atoms with van der Waals surface area (Å²) in [7, 11) is 0. The maximum absolute atomic E-state index is 11.7. The highest BCUT2D eigenvalue weighted by molar-refractivity contribution is 5.02. The molecule has 0 aliphatic carbocycles. The molecule has 0 aliphatic rings. The number of nitrogens with one attached hydrogen (secondary N) is 1. The van der Waals surface area contributed by atoms with Crippen molar-refractivity contribution in [3.63, 3.8) is 0 Å². The molecule has 1 heterocycles. The Hall–Kier alpha value is -0.830. The molecule has 0 radical (unpaired) electrons. The number of rotatable bonds is 5. The first-order valence-corrected chi connectivity index (χ1v) is 4.17. The molecular formula is C9H14FNO. The van der Waals surface area contributed by atoms with Crippen LogP contribution in [-0.2, 0) is 0 Å². The fourth-order valence-corrected chi connectivity index (χ4v) is 1.02. The standard InChI is InChI=1S/C9H14FNO/c1-8(11-6-3-5-10)9-4-2-7-12-9/h2,4,7-8,11H,3,5-6H2,1H3/t8-/m1/s1. The van der Waals surface area contributed by atoms with Gasteiger partial charge in [0.05, 0.1) is 19.0 Å². The highest BCUT2D eigenvalue weighted by Gasteiger charge is 2.05. The molecule has 1 aromatic heterocycles. The molecule has 1 N–H and O–H groups in total. The molecule has 12 heavy (non-hydrogen) atoms. The van der Waals surface area contributed by atoms with E-state index in [-0.39, 0.29) is 12.7 Å². The van der Waals surface area contributed by atoms with E-state index in [1.54, 1.807) is 6.26 Å². The SMILES string of the molecule is C[C@@H](NCCCF)c1ccco1. The Morgan fingerprint density at radius 3 is 3.08 bits per heavy atom. The van der Waals surface area contributed by atoms with E-state index in [1.165, 1.54) is 0 Å². The maximum Gasteiger partial charge on any atom is 0.120 e. The van der Waals surface area contributed by atoms with Gasteiger partial charge in [-0.3, -0.25) is 4.39 Å². The predicted octanol–water partition coefficient (Wildman–Crippen LogP) is 2.29. The van der Waals surface area contributed by atoms with Gasteiger partial charge in [-0.1, -0.05) is 0 Å². The quantitative estimate of drug-likeness (QED) is 0.687. The molecular weight excluding hydrogens is 157 g/mol. The molecule has 1 atom stereocenters. The summed E-state index contributed by atoms with van der Waals surface area (Å²) in [6.45, 7) is 2.42. The molecule has 0 saturated heterocycles. The van der Waals surface area contributed by atoms with Crippen molar-refractivity contribution >= 4 is 0 Å². The first-order chi connectivity index (χ1) is 5.84. The van der Waals surface area contributed by atoms with Crippen LogP contribution >= 0.6 is 0 Å². The highest BCUT2D eigenvalue weighted by Crippen LogP contribution is 2.11. The smallest absolute Gasteiger partial charge is 0.120 e. The molecule has 0 unspecified atom stereocenters. The van der Waals surface area contributed by atoms with Gasteiger partial charge in [-0.05, 0) is 32.0 Å². The van der Waals surface area contributed by atoms with Crippen LogP contribution in [0.2, 0.25) is 0 Å². The van der Waals surface area contributed by atoms with E-state index in [9.17, 15) is 4.39 Å². The van der Waals surface area contributed by atoms with Crippen LogP contribution in [0.25, 0.3) is 0 Å². The molecule has 1 aromatic rings. The number of hydrogen-bond acceptors (Lipinski definition) is 2. The Bertz CT molecular complexity index is 198. The lowest BCUT2D eigenvalue weighted by Gasteiger charge is -2.09. The largest absolute Gasteiger partial charge is 0.468 e. The molecule has 0 spiro atoms. The van der Waals surface area contributed by atoms with Crippen molar-refractivity contribution in [2.24, 2.45) is 0 Å². The summed E-state index contributed by atoms with van der Waals surface area (Å²) in [4.78, 5) is 0. The Morgan fingerprint density at radius 2 is 2.50 bits per heavy atom. The van der Waals surface area contributed by atoms with Crippen molar-refractivity contribution in [2.45, 2.75) is 19.4 Å². The van der Waals surface area contributed by atoms with Crippen LogP contribution in [0.4, 0.5) is 4.39 Å². The zero-order chi connectivity index (χ0) is 8.81. The number of alkyl halides is 1. The van der Waals surface area contributed by atoms with Gasteiger partial charge in [0.15, 0.2) is 0 Å². The van der Waals surface area contributed by atoms with Gasteiger partial charge in [0.2, 0.25) is 0 Å². The minimum Gasteiger partial charge on any atom is -0.468 e. The third-order valence-corrected chi connectivity index (χ3v) is 1.73. The average molecular weight is 171 g/mol. The van der Waals surface area contributed by atoms with Crippen molar-refractivity contribution in [1.82, 2.24) is 5.32 Å². The molecule has 0 fully saturated rings. The average Bonchev–Trinajstić information content (AvgIpc) is 2.56. The van der Waals surface area contributed by atoms with E-state index in [4.69, 9.17) is 4.42 Å². The van der Waals surface area contributed by atoms with Crippen LogP contribution in [0.1, 0.15) is 25.1 Å². The monoisotopic (exact) mass is 171 g/mol. The Balaban J connectivity index is 2.25. The molecule has 3 heteroatoms. The molecule has 1 rings (SSSR count). The third-order valence-electron chi connectivity index (χ3n) is 1.73. The van der Waals surface area contributed by atoms with Gasteiger partial charge < -0.3 is 9.73 Å². The molecule has 68 valence electrons. The van der Waals surface area contributed by atoms with Crippen molar-refractivity contribution in [1.29, 1.82) is 0 Å². The summed E-state index contributed by atoms with van der Waals surface area (Å²) in [6.07, 6.45) is 2.20. The normalized spacial score (nSPS) is 13.2. The summed E-state index contributed by atoms with van der Waals surface area (Å²) < 4.78 is 16.9. The first kappa shape index (κ1) is 9.26. The molecule has 0 amide bonds. The summed E-state index contributed by atoms with van der Waals surface area (Å²) in [5, 5.41) is 3.15. The van der Waals surface area contributed by atoms with E-state index >= 15 is 0 Å². The van der Waals surface area contributed by atoms with Crippen LogP contribution in [0.3, 0.4) is 0 Å². The van der Waals surface area contributed by atoms with Crippen molar-refractivity contribution < 1.29 is 8.81 Å². The minimum atomic E-state index is -0.266. The number of hydrogen-bond donors (Lipinski definition) is 1. The topological polar surface area (TPSA) is 25.2 Å². The van der Waals surface area contributed by atoms with Crippen LogP contribution in [0.5, 0.6) is 0 Å². The van der Waals surface area contributed by atoms with Gasteiger partial charge >= 0.3 is 0 Å². The van der Waals surface area contributed by atoms with Gasteiger partial charge in [0.1, 0.15) is 5.76 Å². The highest BCUT2D eigenvalue weighted by atomic mass is 19.1. The van der Waals surface area contributed by atoms with Gasteiger partial charge in [-0.2, -0.15) is 0 Å². The maximum atomic E-state index is 11.7. The van der Waals surface area contributed by atoms with E-state index in [0.29, 0.717) is 13.0 Å². The second-order valence-corrected chi connectivity index (χ2v) is 2.73. The lowest BCUT2D eigenvalue weighted by Crippen LogP contribution is -2.19. The zero-order valence-corrected chi connectivity index (χ0v) is 7.22. The Kier molecular flexibility index (Phi) is 3.80. The zero-order valence-electron chi connectivity index (χ0n) is 7.22. The van der Waals surface area contributed by atoms with Crippen molar-refractivity contribution in [3.8, 4) is 0 Å². The number of halogens is 1. The Morgan fingerprint density at radius 1 is 1.67 bits per heavy atom. The minimum absolute atomic E-state index is 0.173.